The first-order valence-electron chi connectivity index (χ1n) is 8.22. The number of aryl methyl sites for hydroxylation is 2. The summed E-state index contributed by atoms with van der Waals surface area (Å²) in [5.41, 5.74) is 1.64. The van der Waals surface area contributed by atoms with Crippen LogP contribution in [-0.4, -0.2) is 21.2 Å². The quantitative estimate of drug-likeness (QED) is 0.549. The molecule has 0 saturated carbocycles. The van der Waals surface area contributed by atoms with Crippen LogP contribution in [0.25, 0.3) is 10.2 Å². The molecule has 3 aromatic rings. The van der Waals surface area contributed by atoms with E-state index in [-0.39, 0.29) is 23.0 Å². The van der Waals surface area contributed by atoms with Crippen LogP contribution in [0.3, 0.4) is 0 Å². The summed E-state index contributed by atoms with van der Waals surface area (Å²) >= 11 is 2.81. The van der Waals surface area contributed by atoms with Crippen molar-refractivity contribution in [1.82, 2.24) is 9.55 Å². The summed E-state index contributed by atoms with van der Waals surface area (Å²) in [5, 5.41) is 3.97. The van der Waals surface area contributed by atoms with Crippen molar-refractivity contribution < 1.29 is 9.18 Å². The van der Waals surface area contributed by atoms with E-state index in [0.29, 0.717) is 10.8 Å². The lowest BCUT2D eigenvalue weighted by molar-refractivity contribution is -0.113. The molecule has 0 radical (unpaired) electrons. The van der Waals surface area contributed by atoms with E-state index in [1.807, 2.05) is 0 Å². The van der Waals surface area contributed by atoms with Crippen molar-refractivity contribution in [2.45, 2.75) is 24.4 Å². The van der Waals surface area contributed by atoms with Gasteiger partial charge in [0.15, 0.2) is 5.16 Å². The number of nitrogens with zero attached hydrogens (tertiary/aromatic N) is 2. The maximum atomic E-state index is 12.9. The molecule has 4 rings (SSSR count). The average Bonchev–Trinajstić information content (AvgIpc) is 3.19. The van der Waals surface area contributed by atoms with Crippen molar-refractivity contribution in [2.24, 2.45) is 7.05 Å². The first-order chi connectivity index (χ1) is 12.5. The van der Waals surface area contributed by atoms with Gasteiger partial charge in [0.2, 0.25) is 5.91 Å². The van der Waals surface area contributed by atoms with E-state index >= 15 is 0 Å². The highest BCUT2D eigenvalue weighted by Crippen LogP contribution is 2.35. The van der Waals surface area contributed by atoms with Crippen molar-refractivity contribution in [3.8, 4) is 0 Å². The smallest absolute Gasteiger partial charge is 0.262 e. The Balaban J connectivity index is 1.52. The third kappa shape index (κ3) is 3.14. The van der Waals surface area contributed by atoms with E-state index in [0.717, 1.165) is 35.0 Å². The Hall–Kier alpha value is -2.19. The van der Waals surface area contributed by atoms with Gasteiger partial charge in [-0.3, -0.25) is 14.2 Å². The SMILES string of the molecule is Cn1c(SCC(=O)Nc2ccc(F)cc2)nc2sc3c(c2c1=O)CCC3. The van der Waals surface area contributed by atoms with Gasteiger partial charge in [0.25, 0.3) is 5.56 Å². The highest BCUT2D eigenvalue weighted by molar-refractivity contribution is 7.99. The van der Waals surface area contributed by atoms with Gasteiger partial charge in [0.05, 0.1) is 11.1 Å². The molecule has 2 heterocycles. The lowest BCUT2D eigenvalue weighted by atomic mass is 10.2. The van der Waals surface area contributed by atoms with Crippen LogP contribution in [0.5, 0.6) is 0 Å². The number of thioether (sulfide) groups is 1. The summed E-state index contributed by atoms with van der Waals surface area (Å²) in [4.78, 5) is 31.5. The zero-order chi connectivity index (χ0) is 18.3. The molecule has 1 aromatic carbocycles. The van der Waals surface area contributed by atoms with Crippen molar-refractivity contribution >= 4 is 44.9 Å². The number of thiophene rings is 1. The van der Waals surface area contributed by atoms with Gasteiger partial charge in [-0.05, 0) is 49.1 Å². The van der Waals surface area contributed by atoms with Gasteiger partial charge in [-0.25, -0.2) is 9.37 Å². The Bertz CT molecular complexity index is 1060. The van der Waals surface area contributed by atoms with Crippen LogP contribution in [0.4, 0.5) is 10.1 Å². The predicted octanol–water partition coefficient (Wildman–Crippen LogP) is 3.35. The number of fused-ring (bicyclic) bond motifs is 3. The second-order valence-electron chi connectivity index (χ2n) is 6.14. The molecule has 0 aliphatic heterocycles. The maximum Gasteiger partial charge on any atom is 0.262 e. The van der Waals surface area contributed by atoms with Gasteiger partial charge in [-0.2, -0.15) is 0 Å². The molecule has 0 fully saturated rings. The molecular weight excluding hydrogens is 373 g/mol. The molecule has 0 saturated heterocycles. The predicted molar refractivity (Wildman–Crippen MR) is 103 cm³/mol. The van der Waals surface area contributed by atoms with E-state index in [2.05, 4.69) is 10.3 Å². The second-order valence-corrected chi connectivity index (χ2v) is 8.17. The van der Waals surface area contributed by atoms with Crippen molar-refractivity contribution in [1.29, 1.82) is 0 Å². The zero-order valence-electron chi connectivity index (χ0n) is 14.0. The largest absolute Gasteiger partial charge is 0.325 e. The Kier molecular flexibility index (Phi) is 4.54. The first-order valence-corrected chi connectivity index (χ1v) is 10.0. The molecule has 134 valence electrons. The first kappa shape index (κ1) is 17.2. The molecule has 2 aromatic heterocycles. The highest BCUT2D eigenvalue weighted by atomic mass is 32.2. The molecule has 1 amide bonds. The van der Waals surface area contributed by atoms with Crippen molar-refractivity contribution in [3.05, 3.63) is 50.9 Å². The average molecular weight is 389 g/mol. The second kappa shape index (κ2) is 6.85. The summed E-state index contributed by atoms with van der Waals surface area (Å²) < 4.78 is 14.4. The molecule has 0 unspecified atom stereocenters. The van der Waals surface area contributed by atoms with E-state index < -0.39 is 0 Å². The molecule has 0 bridgehead atoms. The summed E-state index contributed by atoms with van der Waals surface area (Å²) in [6, 6.07) is 5.59. The van der Waals surface area contributed by atoms with Crippen LogP contribution in [0.2, 0.25) is 0 Å². The molecule has 5 nitrogen and oxygen atoms in total. The monoisotopic (exact) mass is 389 g/mol. The summed E-state index contributed by atoms with van der Waals surface area (Å²) in [7, 11) is 1.69. The lowest BCUT2D eigenvalue weighted by Crippen LogP contribution is -2.21. The van der Waals surface area contributed by atoms with Crippen LogP contribution in [0.15, 0.2) is 34.2 Å². The number of hydrogen-bond donors (Lipinski definition) is 1. The number of carbonyl (C=O) groups is 1. The van der Waals surface area contributed by atoms with Gasteiger partial charge in [-0.1, -0.05) is 11.8 Å². The molecular formula is C18H16FN3O2S2. The standard InChI is InChI=1S/C18H16FN3O2S2/c1-22-17(24)15-12-3-2-4-13(12)26-16(15)21-18(22)25-9-14(23)20-11-7-5-10(19)6-8-11/h5-8H,2-4,9H2,1H3,(H,20,23). The van der Waals surface area contributed by atoms with Gasteiger partial charge in [0.1, 0.15) is 10.6 Å². The minimum Gasteiger partial charge on any atom is -0.325 e. The summed E-state index contributed by atoms with van der Waals surface area (Å²) in [6.07, 6.45) is 3.06. The highest BCUT2D eigenvalue weighted by Gasteiger charge is 2.22. The molecule has 8 heteroatoms. The van der Waals surface area contributed by atoms with Crippen LogP contribution in [-0.2, 0) is 24.7 Å². The number of carbonyl (C=O) groups excluding carboxylic acids is 1. The number of hydrogen-bond acceptors (Lipinski definition) is 5. The molecule has 26 heavy (non-hydrogen) atoms. The van der Waals surface area contributed by atoms with Crippen LogP contribution in [0, 0.1) is 5.82 Å². The maximum absolute atomic E-state index is 12.9. The van der Waals surface area contributed by atoms with E-state index in [1.54, 1.807) is 18.4 Å². The number of rotatable bonds is 4. The van der Waals surface area contributed by atoms with E-state index in [1.165, 1.54) is 45.5 Å². The molecule has 1 aliphatic rings. The lowest BCUT2D eigenvalue weighted by Gasteiger charge is -2.08. The number of aromatic nitrogens is 2. The normalized spacial score (nSPS) is 13.2. The Morgan fingerprint density at radius 2 is 2.12 bits per heavy atom. The van der Waals surface area contributed by atoms with Crippen LogP contribution < -0.4 is 10.9 Å². The summed E-state index contributed by atoms with van der Waals surface area (Å²) in [6.45, 7) is 0. The van der Waals surface area contributed by atoms with Gasteiger partial charge < -0.3 is 5.32 Å². The number of anilines is 1. The number of amides is 1. The third-order valence-electron chi connectivity index (χ3n) is 4.37. The molecule has 0 atom stereocenters. The van der Waals surface area contributed by atoms with Crippen LogP contribution in [0.1, 0.15) is 16.9 Å². The fraction of sp³-hybridized carbons (Fsp3) is 0.278. The van der Waals surface area contributed by atoms with Gasteiger partial charge in [0, 0.05) is 17.6 Å². The Morgan fingerprint density at radius 1 is 1.35 bits per heavy atom. The van der Waals surface area contributed by atoms with E-state index in [9.17, 15) is 14.0 Å². The summed E-state index contributed by atoms with van der Waals surface area (Å²) in [5.74, 6) is -0.466. The fourth-order valence-electron chi connectivity index (χ4n) is 3.10. The molecule has 1 aliphatic carbocycles. The topological polar surface area (TPSA) is 64.0 Å². The molecule has 0 spiro atoms. The Labute approximate surface area is 157 Å². The van der Waals surface area contributed by atoms with Gasteiger partial charge >= 0.3 is 0 Å². The number of nitrogens with one attached hydrogen (secondary N) is 1. The third-order valence-corrected chi connectivity index (χ3v) is 6.58. The zero-order valence-corrected chi connectivity index (χ0v) is 15.7. The Morgan fingerprint density at radius 3 is 2.88 bits per heavy atom. The minimum atomic E-state index is -0.354. The molecule has 1 N–H and O–H groups in total. The number of halogens is 1. The van der Waals surface area contributed by atoms with Crippen molar-refractivity contribution in [3.63, 3.8) is 0 Å². The minimum absolute atomic E-state index is 0.0455. The van der Waals surface area contributed by atoms with Crippen LogP contribution >= 0.6 is 23.1 Å². The van der Waals surface area contributed by atoms with Gasteiger partial charge in [-0.15, -0.1) is 11.3 Å². The fourth-order valence-corrected chi connectivity index (χ4v) is 5.17. The number of benzene rings is 1. The van der Waals surface area contributed by atoms with Crippen molar-refractivity contribution in [2.75, 3.05) is 11.1 Å². The van der Waals surface area contributed by atoms with E-state index in [4.69, 9.17) is 0 Å².